The molecule has 0 spiro atoms. The summed E-state index contributed by atoms with van der Waals surface area (Å²) in [6.07, 6.45) is 0. The minimum atomic E-state index is -0.807. The van der Waals surface area contributed by atoms with Crippen molar-refractivity contribution in [2.24, 2.45) is 0 Å². The number of nitro groups is 1. The predicted molar refractivity (Wildman–Crippen MR) is 81.0 cm³/mol. The average Bonchev–Trinajstić information content (AvgIpc) is 3.03. The van der Waals surface area contributed by atoms with Crippen molar-refractivity contribution in [2.45, 2.75) is 0 Å². The number of carbonyl (C=O) groups is 2. The summed E-state index contributed by atoms with van der Waals surface area (Å²) in [5.74, 6) is -1.37. The Kier molecular flexibility index (Phi) is 5.01. The zero-order valence-corrected chi connectivity index (χ0v) is 12.3. The Morgan fingerprint density at radius 2 is 1.96 bits per heavy atom. The van der Waals surface area contributed by atoms with Crippen LogP contribution in [-0.2, 0) is 9.53 Å². The van der Waals surface area contributed by atoms with Crippen LogP contribution in [0.5, 0.6) is 0 Å². The minimum Gasteiger partial charge on any atom is -0.451 e. The van der Waals surface area contributed by atoms with Crippen LogP contribution in [0.25, 0.3) is 0 Å². The maximum atomic E-state index is 11.7. The van der Waals surface area contributed by atoms with Crippen molar-refractivity contribution in [1.29, 1.82) is 5.26 Å². The van der Waals surface area contributed by atoms with Gasteiger partial charge in [-0.15, -0.1) is 0 Å². The van der Waals surface area contributed by atoms with Crippen LogP contribution in [0, 0.1) is 21.4 Å². The molecule has 0 saturated carbocycles. The summed E-state index contributed by atoms with van der Waals surface area (Å²) in [6.45, 7) is -0.523. The van der Waals surface area contributed by atoms with Crippen molar-refractivity contribution < 1.29 is 19.2 Å². The fourth-order valence-electron chi connectivity index (χ4n) is 1.56. The number of esters is 1. The molecule has 2 rings (SSSR count). The van der Waals surface area contributed by atoms with E-state index in [1.54, 1.807) is 12.1 Å². The molecule has 1 heterocycles. The number of thiophene rings is 1. The summed E-state index contributed by atoms with van der Waals surface area (Å²) in [6, 6.07) is 10.6. The molecule has 0 aliphatic rings. The zero-order chi connectivity index (χ0) is 16.8. The monoisotopic (exact) mass is 331 g/mol. The largest absolute Gasteiger partial charge is 0.451 e. The second-order valence-corrected chi connectivity index (χ2v) is 5.27. The van der Waals surface area contributed by atoms with Crippen molar-refractivity contribution in [3.05, 3.63) is 57.0 Å². The molecule has 0 atom stereocenters. The molecule has 0 fully saturated rings. The molecule has 9 heteroatoms. The number of carbonyl (C=O) groups excluding carboxylic acids is 2. The number of ether oxygens (including phenoxy) is 1. The van der Waals surface area contributed by atoms with E-state index in [2.05, 4.69) is 5.32 Å². The molecular formula is C14H9N3O5S. The van der Waals surface area contributed by atoms with Crippen LogP contribution in [-0.4, -0.2) is 23.4 Å². The highest BCUT2D eigenvalue weighted by atomic mass is 32.1. The number of nitriles is 1. The third-order valence-corrected chi connectivity index (χ3v) is 3.62. The van der Waals surface area contributed by atoms with Gasteiger partial charge in [-0.05, 0) is 30.3 Å². The molecule has 116 valence electrons. The number of rotatable bonds is 5. The molecule has 0 saturated heterocycles. The van der Waals surface area contributed by atoms with E-state index < -0.39 is 23.4 Å². The van der Waals surface area contributed by atoms with Crippen molar-refractivity contribution in [3.8, 4) is 6.07 Å². The molecular weight excluding hydrogens is 322 g/mol. The molecule has 0 aliphatic carbocycles. The second-order valence-electron chi connectivity index (χ2n) is 4.21. The van der Waals surface area contributed by atoms with Gasteiger partial charge in [0.1, 0.15) is 4.88 Å². The standard InChI is InChI=1S/C14H9N3O5S/c15-7-9-1-3-10(4-2-9)16-12(18)8-22-14(19)11-5-6-13(23-11)17(20)21/h1-6H,8H2,(H,16,18). The maximum Gasteiger partial charge on any atom is 0.349 e. The van der Waals surface area contributed by atoms with E-state index in [0.717, 1.165) is 0 Å². The fraction of sp³-hybridized carbons (Fsp3) is 0.0714. The quantitative estimate of drug-likeness (QED) is 0.509. The summed E-state index contributed by atoms with van der Waals surface area (Å²) in [5.41, 5.74) is 0.908. The first-order valence-electron chi connectivity index (χ1n) is 6.21. The highest BCUT2D eigenvalue weighted by Gasteiger charge is 2.17. The van der Waals surface area contributed by atoms with Crippen LogP contribution < -0.4 is 5.32 Å². The third-order valence-electron chi connectivity index (χ3n) is 2.61. The zero-order valence-electron chi connectivity index (χ0n) is 11.5. The van der Waals surface area contributed by atoms with E-state index in [4.69, 9.17) is 10.00 Å². The highest BCUT2D eigenvalue weighted by molar-refractivity contribution is 7.17. The molecule has 1 aromatic carbocycles. The smallest absolute Gasteiger partial charge is 0.349 e. The van der Waals surface area contributed by atoms with Crippen LogP contribution in [0.1, 0.15) is 15.2 Å². The van der Waals surface area contributed by atoms with Gasteiger partial charge in [0.05, 0.1) is 16.6 Å². The van der Waals surface area contributed by atoms with Crippen molar-refractivity contribution in [2.75, 3.05) is 11.9 Å². The van der Waals surface area contributed by atoms with Gasteiger partial charge in [0.25, 0.3) is 5.91 Å². The van der Waals surface area contributed by atoms with E-state index in [-0.39, 0.29) is 9.88 Å². The number of nitrogens with zero attached hydrogens (tertiary/aromatic N) is 2. The Morgan fingerprint density at radius 1 is 1.26 bits per heavy atom. The van der Waals surface area contributed by atoms with Crippen LogP contribution in [0.2, 0.25) is 0 Å². The van der Waals surface area contributed by atoms with E-state index >= 15 is 0 Å². The summed E-state index contributed by atoms with van der Waals surface area (Å²) in [4.78, 5) is 33.3. The normalized spacial score (nSPS) is 9.70. The SMILES string of the molecule is N#Cc1ccc(NC(=O)COC(=O)c2ccc([N+](=O)[O-])s2)cc1. The van der Waals surface area contributed by atoms with Crippen molar-refractivity contribution in [3.63, 3.8) is 0 Å². The lowest BCUT2D eigenvalue weighted by atomic mass is 10.2. The van der Waals surface area contributed by atoms with E-state index in [9.17, 15) is 19.7 Å². The summed E-state index contributed by atoms with van der Waals surface area (Å²) in [7, 11) is 0. The molecule has 1 amide bonds. The number of anilines is 1. The molecule has 2 aromatic rings. The molecule has 1 aromatic heterocycles. The maximum absolute atomic E-state index is 11.7. The fourth-order valence-corrected chi connectivity index (χ4v) is 2.28. The second kappa shape index (κ2) is 7.15. The van der Waals surface area contributed by atoms with E-state index in [0.29, 0.717) is 22.6 Å². The molecule has 1 N–H and O–H groups in total. The van der Waals surface area contributed by atoms with E-state index in [1.807, 2.05) is 6.07 Å². The van der Waals surface area contributed by atoms with Gasteiger partial charge in [-0.2, -0.15) is 5.26 Å². The molecule has 8 nitrogen and oxygen atoms in total. The van der Waals surface area contributed by atoms with E-state index in [1.165, 1.54) is 24.3 Å². The first-order valence-corrected chi connectivity index (χ1v) is 7.02. The summed E-state index contributed by atoms with van der Waals surface area (Å²) < 4.78 is 4.78. The number of amides is 1. The van der Waals surface area contributed by atoms with Gasteiger partial charge in [-0.25, -0.2) is 4.79 Å². The van der Waals surface area contributed by atoms with Gasteiger partial charge in [0.15, 0.2) is 6.61 Å². The number of benzene rings is 1. The highest BCUT2D eigenvalue weighted by Crippen LogP contribution is 2.24. The lowest BCUT2D eigenvalue weighted by Crippen LogP contribution is -2.20. The summed E-state index contributed by atoms with van der Waals surface area (Å²) in [5, 5.41) is 21.5. The van der Waals surface area contributed by atoms with Crippen molar-refractivity contribution in [1.82, 2.24) is 0 Å². The Hall–Kier alpha value is -3.25. The third kappa shape index (κ3) is 4.36. The predicted octanol–water partition coefficient (Wildman–Crippen LogP) is 2.32. The molecule has 0 aliphatic heterocycles. The Bertz CT molecular complexity index is 791. The van der Waals surface area contributed by atoms with Crippen LogP contribution >= 0.6 is 11.3 Å². The minimum absolute atomic E-state index is 0.0443. The Morgan fingerprint density at radius 3 is 2.52 bits per heavy atom. The van der Waals surface area contributed by atoms with Gasteiger partial charge >= 0.3 is 11.0 Å². The van der Waals surface area contributed by atoms with Gasteiger partial charge < -0.3 is 10.1 Å². The average molecular weight is 331 g/mol. The number of hydrogen-bond donors (Lipinski definition) is 1. The molecule has 0 bridgehead atoms. The van der Waals surface area contributed by atoms with Gasteiger partial charge in [-0.3, -0.25) is 14.9 Å². The van der Waals surface area contributed by atoms with Gasteiger partial charge in [0.2, 0.25) is 0 Å². The van der Waals surface area contributed by atoms with Gasteiger partial charge in [-0.1, -0.05) is 11.3 Å². The molecule has 23 heavy (non-hydrogen) atoms. The lowest BCUT2D eigenvalue weighted by molar-refractivity contribution is -0.380. The molecule has 0 radical (unpaired) electrons. The number of hydrogen-bond acceptors (Lipinski definition) is 7. The first-order chi connectivity index (χ1) is 11.0. The molecule has 0 unspecified atom stereocenters. The first kappa shape index (κ1) is 16.1. The lowest BCUT2D eigenvalue weighted by Gasteiger charge is -2.05. The van der Waals surface area contributed by atoms with Crippen LogP contribution in [0.3, 0.4) is 0 Å². The van der Waals surface area contributed by atoms with Crippen molar-refractivity contribution >= 4 is 33.9 Å². The summed E-state index contributed by atoms with van der Waals surface area (Å²) >= 11 is 0.673. The van der Waals surface area contributed by atoms with Crippen LogP contribution in [0.15, 0.2) is 36.4 Å². The van der Waals surface area contributed by atoms with Crippen LogP contribution in [0.4, 0.5) is 10.7 Å². The number of nitrogens with one attached hydrogen (secondary N) is 1. The van der Waals surface area contributed by atoms with Gasteiger partial charge in [0, 0.05) is 11.8 Å². The Balaban J connectivity index is 1.86. The Labute approximate surface area is 134 Å². The topological polar surface area (TPSA) is 122 Å².